The summed E-state index contributed by atoms with van der Waals surface area (Å²) in [6.45, 7) is 0.961. The van der Waals surface area contributed by atoms with E-state index in [1.54, 1.807) is 12.1 Å². The normalized spacial score (nSPS) is 19.5. The molecule has 2 aliphatic heterocycles. The van der Waals surface area contributed by atoms with E-state index >= 15 is 0 Å². The molecule has 35 heavy (non-hydrogen) atoms. The number of fused-ring (bicyclic) bond motifs is 2. The van der Waals surface area contributed by atoms with E-state index in [2.05, 4.69) is 10.3 Å². The van der Waals surface area contributed by atoms with Crippen molar-refractivity contribution in [2.24, 2.45) is 0 Å². The quantitative estimate of drug-likeness (QED) is 0.524. The van der Waals surface area contributed by atoms with E-state index in [-0.39, 0.29) is 35.0 Å². The molecule has 1 aromatic heterocycles. The molecule has 0 unspecified atom stereocenters. The second kappa shape index (κ2) is 9.09. The number of nitrogens with zero attached hydrogens (tertiary/aromatic N) is 1. The third kappa shape index (κ3) is 4.32. The topological polar surface area (TPSA) is 137 Å². The zero-order valence-electron chi connectivity index (χ0n) is 19.2. The molecule has 184 valence electrons. The Balaban J connectivity index is 1.57. The first kappa shape index (κ1) is 23.5. The van der Waals surface area contributed by atoms with E-state index in [0.717, 1.165) is 25.0 Å². The van der Waals surface area contributed by atoms with Crippen molar-refractivity contribution in [1.82, 2.24) is 9.29 Å². The average Bonchev–Trinajstić information content (AvgIpc) is 3.35. The maximum atomic E-state index is 13.2. The van der Waals surface area contributed by atoms with Gasteiger partial charge in [0.15, 0.2) is 5.78 Å². The van der Waals surface area contributed by atoms with Crippen molar-refractivity contribution in [3.8, 4) is 0 Å². The summed E-state index contributed by atoms with van der Waals surface area (Å²) >= 11 is 0. The standard InChI is InChI=1S/C25H27N3O6S/c29-22-6-4-5-20-24(22)16(8-10-23(30)31)21(26-20)14-18-17-13-15(7-9-19(17)27-25(18)32)35(33,34)28-11-2-1-3-12-28/h7,9,13-14,26H,1-6,8,10-12H2,(H,27,32)(H,30,31)/b18-14-. The first-order valence-electron chi connectivity index (χ1n) is 11.9. The van der Waals surface area contributed by atoms with Crippen LogP contribution in [0.3, 0.4) is 0 Å². The molecule has 3 N–H and O–H groups in total. The highest BCUT2D eigenvalue weighted by molar-refractivity contribution is 7.89. The summed E-state index contributed by atoms with van der Waals surface area (Å²) in [7, 11) is -3.68. The van der Waals surface area contributed by atoms with Gasteiger partial charge >= 0.3 is 5.97 Å². The zero-order chi connectivity index (χ0) is 24.7. The number of H-pyrrole nitrogens is 1. The number of aliphatic carboxylic acids is 1. The molecule has 0 spiro atoms. The molecule has 3 heterocycles. The summed E-state index contributed by atoms with van der Waals surface area (Å²) in [6.07, 6.45) is 6.07. The predicted molar refractivity (Wildman–Crippen MR) is 130 cm³/mol. The van der Waals surface area contributed by atoms with E-state index in [4.69, 9.17) is 0 Å². The van der Waals surface area contributed by atoms with Crippen LogP contribution in [0.15, 0.2) is 23.1 Å². The predicted octanol–water partition coefficient (Wildman–Crippen LogP) is 3.22. The molecule has 1 amide bonds. The number of piperidine rings is 1. The Morgan fingerprint density at radius 3 is 2.60 bits per heavy atom. The molecule has 1 aliphatic carbocycles. The first-order valence-corrected chi connectivity index (χ1v) is 13.4. The first-order chi connectivity index (χ1) is 16.8. The monoisotopic (exact) mass is 497 g/mol. The van der Waals surface area contributed by atoms with Gasteiger partial charge in [-0.3, -0.25) is 14.4 Å². The second-order valence-electron chi connectivity index (χ2n) is 9.23. The summed E-state index contributed by atoms with van der Waals surface area (Å²) in [4.78, 5) is 40.1. The number of hydrogen-bond acceptors (Lipinski definition) is 5. The Morgan fingerprint density at radius 2 is 1.86 bits per heavy atom. The number of carbonyl (C=O) groups excluding carboxylic acids is 2. The summed E-state index contributed by atoms with van der Waals surface area (Å²) < 4.78 is 27.9. The van der Waals surface area contributed by atoms with Gasteiger partial charge in [-0.25, -0.2) is 8.42 Å². The number of aromatic amines is 1. The van der Waals surface area contributed by atoms with Gasteiger partial charge in [0.1, 0.15) is 0 Å². The highest BCUT2D eigenvalue weighted by atomic mass is 32.2. The molecule has 1 saturated heterocycles. The largest absolute Gasteiger partial charge is 0.481 e. The number of rotatable bonds is 6. The van der Waals surface area contributed by atoms with Crippen LogP contribution in [-0.2, 0) is 32.5 Å². The summed E-state index contributed by atoms with van der Waals surface area (Å²) in [6, 6.07) is 4.63. The number of carbonyl (C=O) groups is 3. The minimum Gasteiger partial charge on any atom is -0.481 e. The van der Waals surface area contributed by atoms with Crippen molar-refractivity contribution < 1.29 is 27.9 Å². The molecule has 9 nitrogen and oxygen atoms in total. The fourth-order valence-electron chi connectivity index (χ4n) is 5.18. The molecule has 5 rings (SSSR count). The van der Waals surface area contributed by atoms with Gasteiger partial charge in [0, 0.05) is 54.1 Å². The van der Waals surface area contributed by atoms with E-state index in [1.165, 1.54) is 16.4 Å². The summed E-state index contributed by atoms with van der Waals surface area (Å²) in [5, 5.41) is 12.0. The second-order valence-corrected chi connectivity index (χ2v) is 11.2. The zero-order valence-corrected chi connectivity index (χ0v) is 20.0. The number of Topliss-reactive ketones (excluding diaryl/α,β-unsaturated/α-hetero) is 1. The minimum atomic E-state index is -3.68. The number of nitrogens with one attached hydrogen (secondary N) is 2. The lowest BCUT2D eigenvalue weighted by Crippen LogP contribution is -2.35. The van der Waals surface area contributed by atoms with Gasteiger partial charge < -0.3 is 15.4 Å². The number of carboxylic acids is 1. The van der Waals surface area contributed by atoms with Crippen LogP contribution in [0, 0.1) is 0 Å². The summed E-state index contributed by atoms with van der Waals surface area (Å²) in [5.74, 6) is -1.38. The van der Waals surface area contributed by atoms with Crippen LogP contribution in [0.2, 0.25) is 0 Å². The number of ketones is 1. The Bertz CT molecular complexity index is 1370. The van der Waals surface area contributed by atoms with Crippen molar-refractivity contribution >= 4 is 45.0 Å². The lowest BCUT2D eigenvalue weighted by atomic mass is 9.91. The number of benzene rings is 1. The number of anilines is 1. The van der Waals surface area contributed by atoms with Gasteiger partial charge in [-0.05, 0) is 61.9 Å². The fourth-order valence-corrected chi connectivity index (χ4v) is 6.72. The molecule has 1 fully saturated rings. The van der Waals surface area contributed by atoms with E-state index in [9.17, 15) is 27.9 Å². The average molecular weight is 498 g/mol. The van der Waals surface area contributed by atoms with Crippen molar-refractivity contribution in [3.63, 3.8) is 0 Å². The molecule has 0 atom stereocenters. The Hall–Kier alpha value is -3.24. The number of aryl methyl sites for hydroxylation is 1. The highest BCUT2D eigenvalue weighted by Crippen LogP contribution is 2.37. The molecule has 0 radical (unpaired) electrons. The minimum absolute atomic E-state index is 0.0290. The Kier molecular flexibility index (Phi) is 6.10. The van der Waals surface area contributed by atoms with Gasteiger partial charge in [0.05, 0.1) is 10.5 Å². The lowest BCUT2D eigenvalue weighted by Gasteiger charge is -2.26. The molecular weight excluding hydrogens is 470 g/mol. The van der Waals surface area contributed by atoms with Crippen LogP contribution in [0.5, 0.6) is 0 Å². The van der Waals surface area contributed by atoms with Gasteiger partial charge in [0.25, 0.3) is 5.91 Å². The van der Waals surface area contributed by atoms with Crippen molar-refractivity contribution in [2.45, 2.75) is 56.3 Å². The van der Waals surface area contributed by atoms with E-state index in [0.29, 0.717) is 60.4 Å². The number of sulfonamides is 1. The van der Waals surface area contributed by atoms with Crippen LogP contribution in [0.1, 0.15) is 71.4 Å². The van der Waals surface area contributed by atoms with Crippen LogP contribution in [0.4, 0.5) is 5.69 Å². The number of carboxylic acid groups (broad SMARTS) is 1. The fraction of sp³-hybridized carbons (Fsp3) is 0.400. The number of hydrogen-bond donors (Lipinski definition) is 3. The van der Waals surface area contributed by atoms with Gasteiger partial charge in [0.2, 0.25) is 10.0 Å². The highest BCUT2D eigenvalue weighted by Gasteiger charge is 2.31. The lowest BCUT2D eigenvalue weighted by molar-refractivity contribution is -0.137. The van der Waals surface area contributed by atoms with E-state index < -0.39 is 16.0 Å². The van der Waals surface area contributed by atoms with Gasteiger partial charge in [-0.2, -0.15) is 4.31 Å². The molecule has 2 aromatic rings. The van der Waals surface area contributed by atoms with Crippen molar-refractivity contribution in [1.29, 1.82) is 0 Å². The Morgan fingerprint density at radius 1 is 1.09 bits per heavy atom. The third-order valence-electron chi connectivity index (χ3n) is 6.93. The van der Waals surface area contributed by atoms with Crippen molar-refractivity contribution in [3.05, 3.63) is 46.3 Å². The van der Waals surface area contributed by atoms with Crippen LogP contribution in [0.25, 0.3) is 11.6 Å². The molecule has 1 aromatic carbocycles. The van der Waals surface area contributed by atoms with Crippen LogP contribution >= 0.6 is 0 Å². The molecule has 0 bridgehead atoms. The van der Waals surface area contributed by atoms with Crippen molar-refractivity contribution in [2.75, 3.05) is 18.4 Å². The smallest absolute Gasteiger partial charge is 0.303 e. The number of aromatic nitrogens is 1. The SMILES string of the molecule is O=C(O)CCc1c(/C=C2\C(=O)Nc3ccc(S(=O)(=O)N4CCCCC4)cc32)[nH]c2c1C(=O)CCC2. The summed E-state index contributed by atoms with van der Waals surface area (Å²) in [5.41, 5.74) is 3.66. The molecule has 3 aliphatic rings. The third-order valence-corrected chi connectivity index (χ3v) is 8.82. The number of amides is 1. The maximum Gasteiger partial charge on any atom is 0.303 e. The molecular formula is C25H27N3O6S. The van der Waals surface area contributed by atoms with Gasteiger partial charge in [-0.1, -0.05) is 6.42 Å². The molecule has 0 saturated carbocycles. The Labute approximate surface area is 203 Å². The maximum absolute atomic E-state index is 13.2. The van der Waals surface area contributed by atoms with Gasteiger partial charge in [-0.15, -0.1) is 0 Å². The van der Waals surface area contributed by atoms with E-state index in [1.807, 2.05) is 0 Å². The molecule has 10 heteroatoms. The van der Waals surface area contributed by atoms with Crippen LogP contribution in [-0.4, -0.2) is 53.6 Å². The van der Waals surface area contributed by atoms with Crippen LogP contribution < -0.4 is 5.32 Å².